The maximum absolute atomic E-state index is 12.6. The maximum Gasteiger partial charge on any atom is 0.337 e. The van der Waals surface area contributed by atoms with E-state index in [2.05, 4.69) is 10.1 Å². The van der Waals surface area contributed by atoms with Gasteiger partial charge in [0, 0.05) is 11.9 Å². The van der Waals surface area contributed by atoms with Crippen LogP contribution < -0.4 is 5.56 Å². The smallest absolute Gasteiger partial charge is 0.337 e. The van der Waals surface area contributed by atoms with Crippen molar-refractivity contribution in [1.82, 2.24) is 9.78 Å². The van der Waals surface area contributed by atoms with Gasteiger partial charge in [-0.05, 0) is 31.2 Å². The van der Waals surface area contributed by atoms with Gasteiger partial charge in [-0.3, -0.25) is 14.9 Å². The summed E-state index contributed by atoms with van der Waals surface area (Å²) >= 11 is 6.05. The molecular weight excluding hydrogens is 342 g/mol. The Kier molecular flexibility index (Phi) is 4.54. The number of aromatic nitrogens is 2. The Bertz CT molecular complexity index is 1020. The minimum Gasteiger partial charge on any atom is -0.478 e. The molecule has 0 spiro atoms. The summed E-state index contributed by atoms with van der Waals surface area (Å²) in [7, 11) is 0. The minimum atomic E-state index is -1.14. The van der Waals surface area contributed by atoms with Gasteiger partial charge in [-0.15, -0.1) is 0 Å². The summed E-state index contributed by atoms with van der Waals surface area (Å²) in [5.74, 6) is -1.14. The first kappa shape index (κ1) is 16.7. The minimum absolute atomic E-state index is 0.0275. The number of carbonyl (C=O) groups is 1. The SMILES string of the molecule is Cc1[nH]n(-c2ccccc2)c(=O)c1C=Nc1c(Cl)cccc1C(=O)O. The fraction of sp³-hybridized carbons (Fsp3) is 0.0556. The highest BCUT2D eigenvalue weighted by molar-refractivity contribution is 6.33. The third kappa shape index (κ3) is 3.25. The van der Waals surface area contributed by atoms with Gasteiger partial charge in [-0.2, -0.15) is 0 Å². The molecule has 0 aliphatic heterocycles. The molecule has 1 aromatic heterocycles. The second-order valence-electron chi connectivity index (χ2n) is 5.33. The van der Waals surface area contributed by atoms with Crippen LogP contribution in [0.2, 0.25) is 5.02 Å². The number of aromatic carboxylic acids is 1. The molecule has 0 radical (unpaired) electrons. The molecule has 2 N–H and O–H groups in total. The van der Waals surface area contributed by atoms with Crippen molar-refractivity contribution >= 4 is 29.5 Å². The van der Waals surface area contributed by atoms with Crippen LogP contribution in [0.15, 0.2) is 58.3 Å². The summed E-state index contributed by atoms with van der Waals surface area (Å²) in [4.78, 5) is 28.1. The zero-order chi connectivity index (χ0) is 18.0. The first-order chi connectivity index (χ1) is 12.0. The Labute approximate surface area is 148 Å². The van der Waals surface area contributed by atoms with Gasteiger partial charge in [-0.25, -0.2) is 9.48 Å². The highest BCUT2D eigenvalue weighted by Crippen LogP contribution is 2.29. The van der Waals surface area contributed by atoms with E-state index in [-0.39, 0.29) is 21.8 Å². The summed E-state index contributed by atoms with van der Waals surface area (Å²) in [5.41, 5.74) is 1.44. The van der Waals surface area contributed by atoms with Crippen LogP contribution in [0.3, 0.4) is 0 Å². The van der Waals surface area contributed by atoms with Crippen LogP contribution in [-0.4, -0.2) is 27.1 Å². The van der Waals surface area contributed by atoms with Gasteiger partial charge in [0.25, 0.3) is 5.56 Å². The number of nitrogens with one attached hydrogen (secondary N) is 1. The Morgan fingerprint density at radius 3 is 2.60 bits per heavy atom. The van der Waals surface area contributed by atoms with E-state index in [4.69, 9.17) is 11.6 Å². The van der Waals surface area contributed by atoms with Gasteiger partial charge < -0.3 is 5.11 Å². The number of aromatic amines is 1. The van der Waals surface area contributed by atoms with Crippen LogP contribution in [0, 0.1) is 6.92 Å². The number of carboxylic acids is 1. The molecule has 2 aromatic carbocycles. The molecule has 0 aliphatic rings. The van der Waals surface area contributed by atoms with Crippen LogP contribution in [0.25, 0.3) is 5.69 Å². The standard InChI is InChI=1S/C18H14ClN3O3/c1-11-14(17(23)22(21-11)12-6-3-2-4-7-12)10-20-16-13(18(24)25)8-5-9-15(16)19/h2-10,21H,1H3,(H,24,25). The zero-order valence-electron chi connectivity index (χ0n) is 13.2. The van der Waals surface area contributed by atoms with Gasteiger partial charge in [0.05, 0.1) is 27.5 Å². The summed E-state index contributed by atoms with van der Waals surface area (Å²) in [6.45, 7) is 1.74. The molecule has 0 fully saturated rings. The molecule has 0 aliphatic carbocycles. The number of para-hydroxylation sites is 2. The lowest BCUT2D eigenvalue weighted by Crippen LogP contribution is -2.17. The molecule has 1 heterocycles. The highest BCUT2D eigenvalue weighted by atomic mass is 35.5. The van der Waals surface area contributed by atoms with Crippen molar-refractivity contribution in [3.8, 4) is 5.69 Å². The summed E-state index contributed by atoms with van der Waals surface area (Å²) in [5, 5.41) is 12.4. The Morgan fingerprint density at radius 1 is 1.20 bits per heavy atom. The van der Waals surface area contributed by atoms with Crippen LogP contribution in [0.4, 0.5) is 5.69 Å². The Balaban J connectivity index is 2.06. The highest BCUT2D eigenvalue weighted by Gasteiger charge is 2.14. The molecule has 25 heavy (non-hydrogen) atoms. The average Bonchev–Trinajstić information content (AvgIpc) is 2.88. The van der Waals surface area contributed by atoms with Crippen molar-refractivity contribution in [1.29, 1.82) is 0 Å². The number of hydrogen-bond donors (Lipinski definition) is 2. The van der Waals surface area contributed by atoms with Crippen LogP contribution in [0.1, 0.15) is 21.6 Å². The van der Waals surface area contributed by atoms with Crippen molar-refractivity contribution < 1.29 is 9.90 Å². The summed E-state index contributed by atoms with van der Waals surface area (Å²) in [6, 6.07) is 13.6. The van der Waals surface area contributed by atoms with E-state index in [1.54, 1.807) is 25.1 Å². The largest absolute Gasteiger partial charge is 0.478 e. The number of nitrogens with zero attached hydrogens (tertiary/aromatic N) is 2. The normalized spacial score (nSPS) is 11.1. The third-order valence-corrected chi connectivity index (χ3v) is 3.98. The molecule has 126 valence electrons. The molecule has 0 bridgehead atoms. The zero-order valence-corrected chi connectivity index (χ0v) is 14.0. The maximum atomic E-state index is 12.6. The van der Waals surface area contributed by atoms with Crippen molar-refractivity contribution in [3.63, 3.8) is 0 Å². The van der Waals surface area contributed by atoms with E-state index in [1.165, 1.54) is 23.0 Å². The van der Waals surface area contributed by atoms with Crippen LogP contribution >= 0.6 is 11.6 Å². The number of H-pyrrole nitrogens is 1. The van der Waals surface area contributed by atoms with Crippen molar-refractivity contribution in [2.75, 3.05) is 0 Å². The van der Waals surface area contributed by atoms with E-state index < -0.39 is 5.97 Å². The number of benzene rings is 2. The van der Waals surface area contributed by atoms with Crippen LogP contribution in [0.5, 0.6) is 0 Å². The predicted octanol–water partition coefficient (Wildman–Crippen LogP) is 3.58. The number of carboxylic acid groups (broad SMARTS) is 1. The van der Waals surface area contributed by atoms with Gasteiger partial charge in [-0.1, -0.05) is 35.9 Å². The lowest BCUT2D eigenvalue weighted by Gasteiger charge is -2.02. The average molecular weight is 356 g/mol. The molecule has 0 saturated carbocycles. The van der Waals surface area contributed by atoms with E-state index in [1.807, 2.05) is 18.2 Å². The Hall–Kier alpha value is -3.12. The molecule has 7 heteroatoms. The molecule has 0 amide bonds. The monoisotopic (exact) mass is 355 g/mol. The Morgan fingerprint density at radius 2 is 1.92 bits per heavy atom. The fourth-order valence-corrected chi connectivity index (χ4v) is 2.64. The molecule has 3 rings (SSSR count). The molecule has 0 saturated heterocycles. The lowest BCUT2D eigenvalue weighted by atomic mass is 10.2. The van der Waals surface area contributed by atoms with Crippen LogP contribution in [-0.2, 0) is 0 Å². The number of halogens is 1. The van der Waals surface area contributed by atoms with Gasteiger partial charge >= 0.3 is 5.97 Å². The first-order valence-electron chi connectivity index (χ1n) is 7.42. The number of rotatable bonds is 4. The molecule has 3 aromatic rings. The number of aliphatic imine (C=N–C) groups is 1. The van der Waals surface area contributed by atoms with E-state index in [9.17, 15) is 14.7 Å². The third-order valence-electron chi connectivity index (χ3n) is 3.67. The number of aryl methyl sites for hydroxylation is 1. The lowest BCUT2D eigenvalue weighted by molar-refractivity contribution is 0.0698. The van der Waals surface area contributed by atoms with E-state index in [0.717, 1.165) is 0 Å². The fourth-order valence-electron chi connectivity index (χ4n) is 2.42. The second kappa shape index (κ2) is 6.78. The summed E-state index contributed by atoms with van der Waals surface area (Å²) in [6.07, 6.45) is 1.33. The second-order valence-corrected chi connectivity index (χ2v) is 5.73. The molecular formula is C18H14ClN3O3. The first-order valence-corrected chi connectivity index (χ1v) is 7.79. The van der Waals surface area contributed by atoms with E-state index in [0.29, 0.717) is 16.9 Å². The van der Waals surface area contributed by atoms with Crippen molar-refractivity contribution in [2.45, 2.75) is 6.92 Å². The van der Waals surface area contributed by atoms with E-state index >= 15 is 0 Å². The summed E-state index contributed by atoms with van der Waals surface area (Å²) < 4.78 is 1.40. The quantitative estimate of drug-likeness (QED) is 0.701. The van der Waals surface area contributed by atoms with Crippen molar-refractivity contribution in [3.05, 3.63) is 80.7 Å². The van der Waals surface area contributed by atoms with Crippen molar-refractivity contribution in [2.24, 2.45) is 4.99 Å². The molecule has 0 unspecified atom stereocenters. The topological polar surface area (TPSA) is 87.5 Å². The van der Waals surface area contributed by atoms with Gasteiger partial charge in [0.2, 0.25) is 0 Å². The van der Waals surface area contributed by atoms with Gasteiger partial charge in [0.1, 0.15) is 0 Å². The molecule has 6 nitrogen and oxygen atoms in total. The van der Waals surface area contributed by atoms with Gasteiger partial charge in [0.15, 0.2) is 0 Å². The number of hydrogen-bond acceptors (Lipinski definition) is 3. The molecule has 0 atom stereocenters. The predicted molar refractivity (Wildman–Crippen MR) is 96.8 cm³/mol.